The molecule has 0 aliphatic carbocycles. The van der Waals surface area contributed by atoms with Crippen LogP contribution >= 0.6 is 0 Å². The Hall–Kier alpha value is -2.76. The van der Waals surface area contributed by atoms with Gasteiger partial charge in [0.05, 0.1) is 12.3 Å². The summed E-state index contributed by atoms with van der Waals surface area (Å²) in [7, 11) is 0. The molecule has 0 spiro atoms. The standard InChI is InChI=1S/C21H28N4O2/c1-3-12-27-19-13-16(2)6-7-18(19)24-21(26)23-15-17-8-9-22-20(14-17)25-10-4-5-11-25/h6-9,13-14H,3-5,10-12,15H2,1-2H3,(H2,23,24,26). The van der Waals surface area contributed by atoms with E-state index in [1.54, 1.807) is 6.20 Å². The quantitative estimate of drug-likeness (QED) is 0.772. The second-order valence-electron chi connectivity index (χ2n) is 6.87. The summed E-state index contributed by atoms with van der Waals surface area (Å²) in [5.41, 5.74) is 2.81. The van der Waals surface area contributed by atoms with Crippen molar-refractivity contribution in [2.24, 2.45) is 0 Å². The first-order valence-corrected chi connectivity index (χ1v) is 9.64. The van der Waals surface area contributed by atoms with E-state index >= 15 is 0 Å². The Balaban J connectivity index is 1.58. The smallest absolute Gasteiger partial charge is 0.319 e. The Kier molecular flexibility index (Phi) is 6.52. The average molecular weight is 368 g/mol. The molecule has 0 bridgehead atoms. The molecule has 1 fully saturated rings. The molecule has 1 aliphatic rings. The lowest BCUT2D eigenvalue weighted by Gasteiger charge is -2.17. The van der Waals surface area contributed by atoms with E-state index < -0.39 is 0 Å². The summed E-state index contributed by atoms with van der Waals surface area (Å²) >= 11 is 0. The predicted octanol–water partition coefficient (Wildman–Crippen LogP) is 4.10. The lowest BCUT2D eigenvalue weighted by atomic mass is 10.2. The van der Waals surface area contributed by atoms with Crippen LogP contribution in [0.3, 0.4) is 0 Å². The third-order valence-electron chi connectivity index (χ3n) is 4.54. The number of aromatic nitrogens is 1. The Morgan fingerprint density at radius 2 is 2.04 bits per heavy atom. The number of nitrogens with one attached hydrogen (secondary N) is 2. The number of amides is 2. The SMILES string of the molecule is CCCOc1cc(C)ccc1NC(=O)NCc1ccnc(N2CCCC2)c1. The van der Waals surface area contributed by atoms with Crippen LogP contribution in [0.25, 0.3) is 0 Å². The van der Waals surface area contributed by atoms with Crippen molar-refractivity contribution in [3.05, 3.63) is 47.7 Å². The Morgan fingerprint density at radius 3 is 2.81 bits per heavy atom. The molecular weight excluding hydrogens is 340 g/mol. The van der Waals surface area contributed by atoms with Crippen molar-refractivity contribution in [1.29, 1.82) is 0 Å². The summed E-state index contributed by atoms with van der Waals surface area (Å²) in [5.74, 6) is 1.69. The van der Waals surface area contributed by atoms with Crippen LogP contribution in [0.15, 0.2) is 36.5 Å². The van der Waals surface area contributed by atoms with Gasteiger partial charge in [-0.05, 0) is 61.6 Å². The maximum absolute atomic E-state index is 12.3. The number of carbonyl (C=O) groups is 1. The first kappa shape index (κ1) is 19.0. The van der Waals surface area contributed by atoms with Gasteiger partial charge in [-0.25, -0.2) is 9.78 Å². The monoisotopic (exact) mass is 368 g/mol. The fraction of sp³-hybridized carbons (Fsp3) is 0.429. The van der Waals surface area contributed by atoms with Crippen LogP contribution in [-0.2, 0) is 6.54 Å². The van der Waals surface area contributed by atoms with Crippen molar-refractivity contribution in [2.45, 2.75) is 39.7 Å². The average Bonchev–Trinajstić information content (AvgIpc) is 3.22. The topological polar surface area (TPSA) is 66.5 Å². The van der Waals surface area contributed by atoms with Crippen molar-refractivity contribution in [1.82, 2.24) is 10.3 Å². The molecule has 0 unspecified atom stereocenters. The minimum Gasteiger partial charge on any atom is -0.491 e. The van der Waals surface area contributed by atoms with Crippen LogP contribution in [0, 0.1) is 6.92 Å². The Bertz CT molecular complexity index is 773. The third-order valence-corrected chi connectivity index (χ3v) is 4.54. The highest BCUT2D eigenvalue weighted by molar-refractivity contribution is 5.90. The number of ether oxygens (including phenoxy) is 1. The minimum absolute atomic E-state index is 0.250. The molecule has 0 radical (unpaired) electrons. The van der Waals surface area contributed by atoms with Crippen LogP contribution in [0.2, 0.25) is 0 Å². The second-order valence-corrected chi connectivity index (χ2v) is 6.87. The number of aryl methyl sites for hydroxylation is 1. The van der Waals surface area contributed by atoms with Gasteiger partial charge in [0.15, 0.2) is 0 Å². The van der Waals surface area contributed by atoms with E-state index in [-0.39, 0.29) is 6.03 Å². The van der Waals surface area contributed by atoms with E-state index in [2.05, 4.69) is 27.4 Å². The lowest BCUT2D eigenvalue weighted by molar-refractivity contribution is 0.251. The largest absolute Gasteiger partial charge is 0.491 e. The Morgan fingerprint density at radius 1 is 1.22 bits per heavy atom. The van der Waals surface area contributed by atoms with Gasteiger partial charge in [0.1, 0.15) is 11.6 Å². The van der Waals surface area contributed by atoms with E-state index in [9.17, 15) is 4.79 Å². The number of anilines is 2. The van der Waals surface area contributed by atoms with Crippen LogP contribution in [0.4, 0.5) is 16.3 Å². The number of pyridine rings is 1. The number of hydrogen-bond donors (Lipinski definition) is 2. The van der Waals surface area contributed by atoms with Gasteiger partial charge in [-0.2, -0.15) is 0 Å². The number of hydrogen-bond acceptors (Lipinski definition) is 4. The molecule has 2 N–H and O–H groups in total. The van der Waals surface area contributed by atoms with Crippen LogP contribution < -0.4 is 20.3 Å². The molecule has 1 saturated heterocycles. The molecule has 1 aromatic heterocycles. The summed E-state index contributed by atoms with van der Waals surface area (Å²) in [4.78, 5) is 19.1. The van der Waals surface area contributed by atoms with Gasteiger partial charge in [-0.3, -0.25) is 0 Å². The molecule has 27 heavy (non-hydrogen) atoms. The van der Waals surface area contributed by atoms with Gasteiger partial charge in [-0.15, -0.1) is 0 Å². The highest BCUT2D eigenvalue weighted by atomic mass is 16.5. The molecular formula is C21H28N4O2. The van der Waals surface area contributed by atoms with Gasteiger partial charge in [0.25, 0.3) is 0 Å². The van der Waals surface area contributed by atoms with Gasteiger partial charge < -0.3 is 20.3 Å². The summed E-state index contributed by atoms with van der Waals surface area (Å²) in [6.07, 6.45) is 5.15. The Labute approximate surface area is 160 Å². The fourth-order valence-corrected chi connectivity index (χ4v) is 3.10. The van der Waals surface area contributed by atoms with Crippen molar-refractivity contribution in [3.8, 4) is 5.75 Å². The molecule has 0 saturated carbocycles. The van der Waals surface area contributed by atoms with E-state index in [1.165, 1.54) is 12.8 Å². The summed E-state index contributed by atoms with van der Waals surface area (Å²) in [5, 5.41) is 5.80. The maximum Gasteiger partial charge on any atom is 0.319 e. The van der Waals surface area contributed by atoms with Crippen molar-refractivity contribution in [2.75, 3.05) is 29.9 Å². The molecule has 1 aromatic carbocycles. The number of urea groups is 1. The number of rotatable bonds is 7. The highest BCUT2D eigenvalue weighted by Crippen LogP contribution is 2.26. The molecule has 6 nitrogen and oxygen atoms in total. The summed E-state index contributed by atoms with van der Waals surface area (Å²) < 4.78 is 5.75. The van der Waals surface area contributed by atoms with Crippen LogP contribution in [0.1, 0.15) is 37.3 Å². The summed E-state index contributed by atoms with van der Waals surface area (Å²) in [6.45, 7) is 7.24. The number of nitrogens with zero attached hydrogens (tertiary/aromatic N) is 2. The molecule has 144 valence electrons. The van der Waals surface area contributed by atoms with Gasteiger partial charge >= 0.3 is 6.03 Å². The molecule has 2 heterocycles. The van der Waals surface area contributed by atoms with Gasteiger partial charge in [0, 0.05) is 25.8 Å². The highest BCUT2D eigenvalue weighted by Gasteiger charge is 2.14. The lowest BCUT2D eigenvalue weighted by Crippen LogP contribution is -2.28. The van der Waals surface area contributed by atoms with Gasteiger partial charge in [-0.1, -0.05) is 13.0 Å². The summed E-state index contributed by atoms with van der Waals surface area (Å²) in [6, 6.07) is 9.50. The van der Waals surface area contributed by atoms with Crippen LogP contribution in [-0.4, -0.2) is 30.7 Å². The zero-order chi connectivity index (χ0) is 19.1. The fourth-order valence-electron chi connectivity index (χ4n) is 3.10. The number of benzene rings is 1. The van der Waals surface area contributed by atoms with Crippen molar-refractivity contribution >= 4 is 17.5 Å². The van der Waals surface area contributed by atoms with E-state index in [4.69, 9.17) is 4.74 Å². The van der Waals surface area contributed by atoms with Crippen molar-refractivity contribution < 1.29 is 9.53 Å². The molecule has 2 aromatic rings. The zero-order valence-corrected chi connectivity index (χ0v) is 16.1. The third kappa shape index (κ3) is 5.36. The van der Waals surface area contributed by atoms with Crippen LogP contribution in [0.5, 0.6) is 5.75 Å². The molecule has 6 heteroatoms. The molecule has 3 rings (SSSR count). The first-order valence-electron chi connectivity index (χ1n) is 9.64. The zero-order valence-electron chi connectivity index (χ0n) is 16.1. The van der Waals surface area contributed by atoms with Crippen molar-refractivity contribution in [3.63, 3.8) is 0 Å². The number of carbonyl (C=O) groups excluding carboxylic acids is 1. The van der Waals surface area contributed by atoms with Gasteiger partial charge in [0.2, 0.25) is 0 Å². The van der Waals surface area contributed by atoms with E-state index in [1.807, 2.05) is 37.3 Å². The second kappa shape index (κ2) is 9.26. The molecule has 1 aliphatic heterocycles. The van der Waals surface area contributed by atoms with E-state index in [0.29, 0.717) is 24.6 Å². The normalized spacial score (nSPS) is 13.5. The van der Waals surface area contributed by atoms with E-state index in [0.717, 1.165) is 36.5 Å². The predicted molar refractivity (Wildman–Crippen MR) is 109 cm³/mol. The molecule has 0 atom stereocenters. The first-order chi connectivity index (χ1) is 13.2. The maximum atomic E-state index is 12.3. The minimum atomic E-state index is -0.250. The molecule has 2 amide bonds.